The van der Waals surface area contributed by atoms with Crippen LogP contribution in [0.2, 0.25) is 0 Å². The molecule has 130 valence electrons. The minimum atomic E-state index is -3.97. The Morgan fingerprint density at radius 2 is 1.09 bits per heavy atom. The summed E-state index contributed by atoms with van der Waals surface area (Å²) in [5.74, 6) is -0.630. The maximum absolute atomic E-state index is 9.89. The summed E-state index contributed by atoms with van der Waals surface area (Å²) in [5, 5.41) is 0. The molecule has 0 aliphatic heterocycles. The number of rotatable bonds is 4. The molecule has 0 aromatic carbocycles. The Bertz CT molecular complexity index is 442. The Morgan fingerprint density at radius 1 is 0.909 bits per heavy atom. The van der Waals surface area contributed by atoms with E-state index in [1.807, 2.05) is 13.8 Å². The van der Waals surface area contributed by atoms with Gasteiger partial charge in [0, 0.05) is 11.5 Å². The molecule has 22 heavy (non-hydrogen) atoms. The van der Waals surface area contributed by atoms with Crippen LogP contribution in [0.1, 0.15) is 41.5 Å². The standard InChI is InChI=1S/C4H9N.2C4H10O3S.Mg/c1-4(2)3-5;2*1-4(2)3-8(5,6)7;/h3H,5H2,1-2H3;2*4H,3H2,1-2H3,(H,5,6,7);/q;;;+2/p-2. The van der Waals surface area contributed by atoms with Gasteiger partial charge in [0.15, 0.2) is 0 Å². The second-order valence-corrected chi connectivity index (χ2v) is 8.38. The third-order valence-electron chi connectivity index (χ3n) is 1.41. The third-order valence-corrected chi connectivity index (χ3v) is 3.56. The van der Waals surface area contributed by atoms with Crippen molar-refractivity contribution in [2.24, 2.45) is 17.6 Å². The second kappa shape index (κ2) is 14.7. The molecule has 0 aliphatic rings. The summed E-state index contributed by atoms with van der Waals surface area (Å²) < 4.78 is 59.3. The summed E-state index contributed by atoms with van der Waals surface area (Å²) in [6, 6.07) is 0. The maximum Gasteiger partial charge on any atom is 2.00 e. The molecule has 2 N–H and O–H groups in total. The van der Waals surface area contributed by atoms with E-state index < -0.39 is 20.2 Å². The van der Waals surface area contributed by atoms with Crippen LogP contribution in [0.3, 0.4) is 0 Å². The quantitative estimate of drug-likeness (QED) is 0.572. The Hall–Kier alpha value is 0.126. The molecular weight excluding hydrogens is 343 g/mol. The molecule has 0 saturated carbocycles. The average molecular weight is 370 g/mol. The van der Waals surface area contributed by atoms with E-state index in [9.17, 15) is 25.9 Å². The molecule has 0 rings (SSSR count). The Morgan fingerprint density at radius 3 is 1.09 bits per heavy atom. The van der Waals surface area contributed by atoms with E-state index >= 15 is 0 Å². The van der Waals surface area contributed by atoms with Crippen LogP contribution in [0.25, 0.3) is 0 Å². The van der Waals surface area contributed by atoms with E-state index in [4.69, 9.17) is 5.73 Å². The number of allylic oxidation sites excluding steroid dienone is 1. The molecule has 0 atom stereocenters. The van der Waals surface area contributed by atoms with Gasteiger partial charge < -0.3 is 14.8 Å². The van der Waals surface area contributed by atoms with Gasteiger partial charge in [-0.15, -0.1) is 0 Å². The van der Waals surface area contributed by atoms with Crippen LogP contribution in [0.4, 0.5) is 0 Å². The maximum atomic E-state index is 9.89. The van der Waals surface area contributed by atoms with E-state index in [1.54, 1.807) is 33.9 Å². The molecule has 0 heterocycles. The van der Waals surface area contributed by atoms with Crippen molar-refractivity contribution in [3.63, 3.8) is 0 Å². The largest absolute Gasteiger partial charge is 2.00 e. The van der Waals surface area contributed by atoms with Gasteiger partial charge in [0.25, 0.3) is 0 Å². The van der Waals surface area contributed by atoms with Gasteiger partial charge in [-0.2, -0.15) is 0 Å². The van der Waals surface area contributed by atoms with Gasteiger partial charge in [-0.3, -0.25) is 0 Å². The molecule has 0 amide bonds. The smallest absolute Gasteiger partial charge is 0.748 e. The molecular formula is C12H27MgNO6S2. The second-order valence-electron chi connectivity index (χ2n) is 5.48. The van der Waals surface area contributed by atoms with Gasteiger partial charge in [0.05, 0.1) is 20.2 Å². The van der Waals surface area contributed by atoms with Crippen molar-refractivity contribution in [1.29, 1.82) is 0 Å². The van der Waals surface area contributed by atoms with E-state index in [2.05, 4.69) is 0 Å². The van der Waals surface area contributed by atoms with Gasteiger partial charge in [0.2, 0.25) is 0 Å². The number of hydrogen-bond donors (Lipinski definition) is 1. The van der Waals surface area contributed by atoms with Crippen molar-refractivity contribution >= 4 is 43.3 Å². The first kappa shape index (κ1) is 30.1. The van der Waals surface area contributed by atoms with Crippen molar-refractivity contribution in [2.75, 3.05) is 11.5 Å². The SMILES string of the molecule is CC(C)=CN.CC(C)CS(=O)(=O)[O-].CC(C)CS(=O)(=O)[O-].[Mg+2]. The summed E-state index contributed by atoms with van der Waals surface area (Å²) in [7, 11) is -7.95. The van der Waals surface area contributed by atoms with Gasteiger partial charge in [0.1, 0.15) is 0 Å². The molecule has 0 aliphatic carbocycles. The monoisotopic (exact) mass is 369 g/mol. The molecule has 0 radical (unpaired) electrons. The molecule has 0 bridgehead atoms. The molecule has 0 aromatic rings. The molecule has 0 saturated heterocycles. The first-order valence-corrected chi connectivity index (χ1v) is 9.48. The van der Waals surface area contributed by atoms with Gasteiger partial charge >= 0.3 is 23.1 Å². The predicted octanol–water partition coefficient (Wildman–Crippen LogP) is 0.863. The van der Waals surface area contributed by atoms with Gasteiger partial charge in [-0.1, -0.05) is 33.3 Å². The van der Waals surface area contributed by atoms with Crippen LogP contribution in [0, 0.1) is 11.8 Å². The molecule has 0 aromatic heterocycles. The summed E-state index contributed by atoms with van der Waals surface area (Å²) in [5.41, 5.74) is 6.17. The summed E-state index contributed by atoms with van der Waals surface area (Å²) in [6.45, 7) is 10.7. The van der Waals surface area contributed by atoms with Crippen molar-refractivity contribution in [3.05, 3.63) is 11.8 Å². The molecule has 0 fully saturated rings. The van der Waals surface area contributed by atoms with Crippen LogP contribution in [-0.4, -0.2) is 60.5 Å². The summed E-state index contributed by atoms with van der Waals surface area (Å²) in [4.78, 5) is 0. The Kier molecular flexibility index (Phi) is 20.1. The van der Waals surface area contributed by atoms with Crippen molar-refractivity contribution in [1.82, 2.24) is 0 Å². The van der Waals surface area contributed by atoms with Crippen molar-refractivity contribution in [3.8, 4) is 0 Å². The van der Waals surface area contributed by atoms with Crippen LogP contribution in [0.15, 0.2) is 11.8 Å². The minimum Gasteiger partial charge on any atom is -0.748 e. The normalized spacial score (nSPS) is 10.6. The first-order valence-electron chi connectivity index (χ1n) is 6.33. The molecule has 0 spiro atoms. The fraction of sp³-hybridized carbons (Fsp3) is 0.833. The van der Waals surface area contributed by atoms with E-state index in [-0.39, 0.29) is 46.4 Å². The Balaban J connectivity index is -0.000000111. The Labute approximate surface area is 151 Å². The van der Waals surface area contributed by atoms with E-state index in [0.717, 1.165) is 5.57 Å². The zero-order chi connectivity index (χ0) is 17.9. The van der Waals surface area contributed by atoms with Crippen molar-refractivity contribution < 1.29 is 25.9 Å². The third kappa shape index (κ3) is 50.1. The van der Waals surface area contributed by atoms with Gasteiger partial charge in [-0.25, -0.2) is 16.8 Å². The van der Waals surface area contributed by atoms with Gasteiger partial charge in [-0.05, 0) is 31.9 Å². The number of nitrogens with two attached hydrogens (primary N) is 1. The fourth-order valence-corrected chi connectivity index (χ4v) is 2.45. The minimum absolute atomic E-state index is 0. The summed E-state index contributed by atoms with van der Waals surface area (Å²) in [6.07, 6.45) is 1.58. The predicted molar refractivity (Wildman–Crippen MR) is 88.2 cm³/mol. The zero-order valence-corrected chi connectivity index (χ0v) is 17.2. The molecule has 0 unspecified atom stereocenters. The van der Waals surface area contributed by atoms with E-state index in [0.29, 0.717) is 0 Å². The number of hydrogen-bond acceptors (Lipinski definition) is 7. The molecule has 10 heteroatoms. The van der Waals surface area contributed by atoms with E-state index in [1.165, 1.54) is 0 Å². The average Bonchev–Trinajstić information content (AvgIpc) is 2.10. The van der Waals surface area contributed by atoms with Crippen molar-refractivity contribution in [2.45, 2.75) is 41.5 Å². The molecule has 7 nitrogen and oxygen atoms in total. The topological polar surface area (TPSA) is 140 Å². The zero-order valence-electron chi connectivity index (χ0n) is 14.2. The van der Waals surface area contributed by atoms with Crippen LogP contribution in [-0.2, 0) is 20.2 Å². The van der Waals surface area contributed by atoms with Crippen LogP contribution in [0.5, 0.6) is 0 Å². The summed E-state index contributed by atoms with van der Waals surface area (Å²) >= 11 is 0. The van der Waals surface area contributed by atoms with Crippen LogP contribution >= 0.6 is 0 Å². The fourth-order valence-electron chi connectivity index (χ4n) is 0.816. The van der Waals surface area contributed by atoms with Crippen LogP contribution < -0.4 is 5.73 Å². The first-order chi connectivity index (χ1) is 9.10.